The van der Waals surface area contributed by atoms with Crippen molar-refractivity contribution >= 4 is 11.6 Å². The lowest BCUT2D eigenvalue weighted by molar-refractivity contribution is 0.0782. The van der Waals surface area contributed by atoms with E-state index in [1.165, 1.54) is 0 Å². The first-order chi connectivity index (χ1) is 9.24. The maximum Gasteiger partial charge on any atom is 0.176 e. The zero-order chi connectivity index (χ0) is 13.3. The lowest BCUT2D eigenvalue weighted by Crippen LogP contribution is -2.26. The molecule has 2 aromatic rings. The molecule has 1 saturated carbocycles. The Bertz CT molecular complexity index is 557. The third-order valence-electron chi connectivity index (χ3n) is 3.69. The molecule has 0 unspecified atom stereocenters. The molecule has 1 fully saturated rings. The first-order valence-corrected chi connectivity index (χ1v) is 6.44. The smallest absolute Gasteiger partial charge is 0.176 e. The molecule has 0 aliphatic heterocycles. The maximum atomic E-state index is 12.5. The van der Waals surface area contributed by atoms with Crippen LogP contribution in [0.2, 0.25) is 0 Å². The van der Waals surface area contributed by atoms with Crippen molar-refractivity contribution in [3.05, 3.63) is 71.8 Å². The summed E-state index contributed by atoms with van der Waals surface area (Å²) in [5.74, 6) is -0.0797. The van der Waals surface area contributed by atoms with E-state index in [9.17, 15) is 9.59 Å². The Kier molecular flexibility index (Phi) is 2.79. The topological polar surface area (TPSA) is 34.1 Å². The lowest BCUT2D eigenvalue weighted by atomic mass is 9.87. The molecular weight excluding hydrogens is 236 g/mol. The molecule has 1 aliphatic carbocycles. The minimum Gasteiger partial charge on any atom is -0.293 e. The molecule has 0 atom stereocenters. The molecule has 0 heterocycles. The van der Waals surface area contributed by atoms with E-state index in [0.717, 1.165) is 0 Å². The summed E-state index contributed by atoms with van der Waals surface area (Å²) in [6, 6.07) is 18.2. The van der Waals surface area contributed by atoms with Crippen molar-refractivity contribution in [2.24, 2.45) is 5.41 Å². The van der Waals surface area contributed by atoms with E-state index in [1.807, 2.05) is 36.4 Å². The van der Waals surface area contributed by atoms with Gasteiger partial charge in [-0.15, -0.1) is 0 Å². The van der Waals surface area contributed by atoms with Crippen molar-refractivity contribution in [3.8, 4) is 0 Å². The molecule has 19 heavy (non-hydrogen) atoms. The number of carbonyl (C=O) groups excluding carboxylic acids is 2. The van der Waals surface area contributed by atoms with Crippen molar-refractivity contribution in [2.45, 2.75) is 12.8 Å². The standard InChI is InChI=1S/C17H14O2/c18-15(13-7-3-1-4-8-13)17(11-12-17)16(19)14-9-5-2-6-10-14/h1-10H,11-12H2. The molecule has 1 aliphatic rings. The number of hydrogen-bond acceptors (Lipinski definition) is 2. The Morgan fingerprint density at radius 1 is 0.684 bits per heavy atom. The quantitative estimate of drug-likeness (QED) is 0.614. The van der Waals surface area contributed by atoms with Gasteiger partial charge in [0.2, 0.25) is 0 Å². The molecule has 2 aromatic carbocycles. The summed E-state index contributed by atoms with van der Waals surface area (Å²) in [4.78, 5) is 25.0. The Morgan fingerprint density at radius 3 is 1.37 bits per heavy atom. The fourth-order valence-electron chi connectivity index (χ4n) is 2.41. The average Bonchev–Trinajstić information content (AvgIpc) is 3.29. The van der Waals surface area contributed by atoms with Crippen molar-refractivity contribution in [1.29, 1.82) is 0 Å². The van der Waals surface area contributed by atoms with Gasteiger partial charge in [0.1, 0.15) is 0 Å². The van der Waals surface area contributed by atoms with Crippen molar-refractivity contribution in [3.63, 3.8) is 0 Å². The molecule has 0 bridgehead atoms. The van der Waals surface area contributed by atoms with Gasteiger partial charge in [-0.2, -0.15) is 0 Å². The van der Waals surface area contributed by atoms with E-state index in [4.69, 9.17) is 0 Å². The minimum absolute atomic E-state index is 0.0399. The first kappa shape index (κ1) is 11.8. The SMILES string of the molecule is O=C(c1ccccc1)C1(C(=O)c2ccccc2)CC1. The number of rotatable bonds is 4. The second kappa shape index (κ2) is 4.47. The maximum absolute atomic E-state index is 12.5. The lowest BCUT2D eigenvalue weighted by Gasteiger charge is -2.12. The largest absolute Gasteiger partial charge is 0.293 e. The third-order valence-corrected chi connectivity index (χ3v) is 3.69. The van der Waals surface area contributed by atoms with Crippen molar-refractivity contribution in [2.75, 3.05) is 0 Å². The van der Waals surface area contributed by atoms with Crippen LogP contribution in [0.5, 0.6) is 0 Å². The van der Waals surface area contributed by atoms with Crippen LogP contribution in [0.3, 0.4) is 0 Å². The molecule has 0 amide bonds. The highest BCUT2D eigenvalue weighted by Gasteiger charge is 2.56. The van der Waals surface area contributed by atoms with E-state index >= 15 is 0 Å². The fraction of sp³-hybridized carbons (Fsp3) is 0.176. The van der Waals surface area contributed by atoms with Crippen LogP contribution in [0.15, 0.2) is 60.7 Å². The Hall–Kier alpha value is -2.22. The second-order valence-corrected chi connectivity index (χ2v) is 4.97. The van der Waals surface area contributed by atoms with Gasteiger partial charge in [0.15, 0.2) is 11.6 Å². The summed E-state index contributed by atoms with van der Waals surface area (Å²) in [7, 11) is 0. The van der Waals surface area contributed by atoms with Gasteiger partial charge >= 0.3 is 0 Å². The molecule has 2 heteroatoms. The highest BCUT2D eigenvalue weighted by atomic mass is 16.2. The van der Waals surface area contributed by atoms with Gasteiger partial charge in [0.05, 0.1) is 5.41 Å². The van der Waals surface area contributed by atoms with E-state index in [2.05, 4.69) is 0 Å². The predicted molar refractivity (Wildman–Crippen MR) is 73.2 cm³/mol. The average molecular weight is 250 g/mol. The predicted octanol–water partition coefficient (Wildman–Crippen LogP) is 3.53. The van der Waals surface area contributed by atoms with Gasteiger partial charge in [0, 0.05) is 11.1 Å². The van der Waals surface area contributed by atoms with Crippen LogP contribution in [-0.4, -0.2) is 11.6 Å². The van der Waals surface area contributed by atoms with Crippen LogP contribution in [0.25, 0.3) is 0 Å². The number of Topliss-reactive ketones (excluding diaryl/α,β-unsaturated/α-hetero) is 2. The highest BCUT2D eigenvalue weighted by molar-refractivity contribution is 6.21. The van der Waals surface area contributed by atoms with E-state index in [1.54, 1.807) is 24.3 Å². The Morgan fingerprint density at radius 2 is 1.05 bits per heavy atom. The zero-order valence-corrected chi connectivity index (χ0v) is 10.5. The molecule has 0 spiro atoms. The van der Waals surface area contributed by atoms with E-state index in [-0.39, 0.29) is 11.6 Å². The highest BCUT2D eigenvalue weighted by Crippen LogP contribution is 2.50. The Balaban J connectivity index is 1.92. The molecule has 0 radical (unpaired) electrons. The van der Waals surface area contributed by atoms with Gasteiger partial charge in [-0.05, 0) is 12.8 Å². The Labute approximate surface area is 112 Å². The van der Waals surface area contributed by atoms with E-state index in [0.29, 0.717) is 24.0 Å². The monoisotopic (exact) mass is 250 g/mol. The van der Waals surface area contributed by atoms with Gasteiger partial charge in [-0.25, -0.2) is 0 Å². The molecule has 0 aromatic heterocycles. The van der Waals surface area contributed by atoms with Gasteiger partial charge in [-0.3, -0.25) is 9.59 Å². The van der Waals surface area contributed by atoms with Crippen LogP contribution in [0.1, 0.15) is 33.6 Å². The normalized spacial score (nSPS) is 15.8. The number of hydrogen-bond donors (Lipinski definition) is 0. The summed E-state index contributed by atoms with van der Waals surface area (Å²) >= 11 is 0. The van der Waals surface area contributed by atoms with Crippen molar-refractivity contribution in [1.82, 2.24) is 0 Å². The second-order valence-electron chi connectivity index (χ2n) is 4.97. The summed E-state index contributed by atoms with van der Waals surface area (Å²) in [6.07, 6.45) is 1.32. The fourth-order valence-corrected chi connectivity index (χ4v) is 2.41. The van der Waals surface area contributed by atoms with Crippen LogP contribution in [0.4, 0.5) is 0 Å². The minimum atomic E-state index is -0.803. The zero-order valence-electron chi connectivity index (χ0n) is 10.5. The molecular formula is C17H14O2. The van der Waals surface area contributed by atoms with Gasteiger partial charge < -0.3 is 0 Å². The summed E-state index contributed by atoms with van der Waals surface area (Å²) < 4.78 is 0. The first-order valence-electron chi connectivity index (χ1n) is 6.44. The molecule has 0 saturated heterocycles. The van der Waals surface area contributed by atoms with Crippen molar-refractivity contribution < 1.29 is 9.59 Å². The summed E-state index contributed by atoms with van der Waals surface area (Å²) in [6.45, 7) is 0. The number of benzene rings is 2. The summed E-state index contributed by atoms with van der Waals surface area (Å²) in [5.41, 5.74) is 0.455. The van der Waals surface area contributed by atoms with Crippen LogP contribution in [0, 0.1) is 5.41 Å². The molecule has 3 rings (SSSR count). The molecule has 2 nitrogen and oxygen atoms in total. The van der Waals surface area contributed by atoms with Crippen LogP contribution < -0.4 is 0 Å². The van der Waals surface area contributed by atoms with Crippen LogP contribution in [-0.2, 0) is 0 Å². The molecule has 94 valence electrons. The summed E-state index contributed by atoms with van der Waals surface area (Å²) in [5, 5.41) is 0. The van der Waals surface area contributed by atoms with E-state index < -0.39 is 5.41 Å². The number of ketones is 2. The van der Waals surface area contributed by atoms with Gasteiger partial charge in [0.25, 0.3) is 0 Å². The third kappa shape index (κ3) is 1.99. The number of carbonyl (C=O) groups is 2. The van der Waals surface area contributed by atoms with Crippen LogP contribution >= 0.6 is 0 Å². The van der Waals surface area contributed by atoms with Gasteiger partial charge in [-0.1, -0.05) is 60.7 Å². The molecule has 0 N–H and O–H groups in total.